The second-order valence-corrected chi connectivity index (χ2v) is 4.23. The van der Waals surface area contributed by atoms with E-state index in [1.54, 1.807) is 0 Å². The van der Waals surface area contributed by atoms with Gasteiger partial charge in [-0.2, -0.15) is 0 Å². The van der Waals surface area contributed by atoms with Crippen molar-refractivity contribution in [2.75, 3.05) is 18.5 Å². The number of carbonyl (C=O) groups is 1. The fourth-order valence-electron chi connectivity index (χ4n) is 1.91. The SMILES string of the molecule is CCN(C)c1ccccc1C(=O)c1ccccc1. The molecule has 0 aliphatic rings. The second kappa shape index (κ2) is 5.50. The van der Waals surface area contributed by atoms with Crippen LogP contribution in [0.25, 0.3) is 0 Å². The van der Waals surface area contributed by atoms with Gasteiger partial charge in [-0.1, -0.05) is 42.5 Å². The van der Waals surface area contributed by atoms with Crippen LogP contribution in [-0.4, -0.2) is 19.4 Å². The molecule has 0 aliphatic heterocycles. The number of anilines is 1. The first-order valence-corrected chi connectivity index (χ1v) is 6.14. The number of benzene rings is 2. The number of hydrogen-bond donors (Lipinski definition) is 0. The molecule has 0 atom stereocenters. The van der Waals surface area contributed by atoms with E-state index >= 15 is 0 Å². The average molecular weight is 239 g/mol. The summed E-state index contributed by atoms with van der Waals surface area (Å²) in [4.78, 5) is 14.5. The molecular weight excluding hydrogens is 222 g/mol. The molecule has 2 nitrogen and oxygen atoms in total. The molecule has 0 aliphatic carbocycles. The molecule has 0 N–H and O–H groups in total. The Bertz CT molecular complexity index is 534. The molecule has 0 fully saturated rings. The van der Waals surface area contributed by atoms with Gasteiger partial charge in [0, 0.05) is 30.4 Å². The van der Waals surface area contributed by atoms with E-state index in [1.165, 1.54) is 0 Å². The molecule has 18 heavy (non-hydrogen) atoms. The van der Waals surface area contributed by atoms with Crippen molar-refractivity contribution in [3.05, 3.63) is 65.7 Å². The third-order valence-electron chi connectivity index (χ3n) is 3.07. The van der Waals surface area contributed by atoms with Gasteiger partial charge in [0.05, 0.1) is 0 Å². The van der Waals surface area contributed by atoms with Crippen molar-refractivity contribution in [1.82, 2.24) is 0 Å². The van der Waals surface area contributed by atoms with Gasteiger partial charge in [-0.15, -0.1) is 0 Å². The van der Waals surface area contributed by atoms with E-state index in [1.807, 2.05) is 61.6 Å². The highest BCUT2D eigenvalue weighted by Gasteiger charge is 2.14. The predicted octanol–water partition coefficient (Wildman–Crippen LogP) is 3.37. The average Bonchev–Trinajstić information content (AvgIpc) is 2.46. The van der Waals surface area contributed by atoms with E-state index in [0.717, 1.165) is 23.4 Å². The first kappa shape index (κ1) is 12.4. The van der Waals surface area contributed by atoms with Crippen LogP contribution in [0, 0.1) is 0 Å². The third-order valence-corrected chi connectivity index (χ3v) is 3.07. The highest BCUT2D eigenvalue weighted by Crippen LogP contribution is 2.22. The van der Waals surface area contributed by atoms with Crippen LogP contribution in [0.1, 0.15) is 22.8 Å². The minimum absolute atomic E-state index is 0.0755. The largest absolute Gasteiger partial charge is 0.374 e. The Morgan fingerprint density at radius 2 is 1.61 bits per heavy atom. The molecule has 0 spiro atoms. The molecule has 0 saturated heterocycles. The van der Waals surface area contributed by atoms with Gasteiger partial charge in [-0.05, 0) is 19.1 Å². The molecule has 0 bridgehead atoms. The maximum Gasteiger partial charge on any atom is 0.195 e. The lowest BCUT2D eigenvalue weighted by Gasteiger charge is -2.20. The van der Waals surface area contributed by atoms with Crippen molar-refractivity contribution in [2.24, 2.45) is 0 Å². The molecule has 0 unspecified atom stereocenters. The lowest BCUT2D eigenvalue weighted by Crippen LogP contribution is -2.19. The standard InChI is InChI=1S/C16H17NO/c1-3-17(2)15-12-8-7-11-14(15)16(18)13-9-5-4-6-10-13/h4-12H,3H2,1-2H3. The zero-order chi connectivity index (χ0) is 13.0. The highest BCUT2D eigenvalue weighted by molar-refractivity contribution is 6.12. The van der Waals surface area contributed by atoms with Crippen LogP contribution in [0.15, 0.2) is 54.6 Å². The summed E-state index contributed by atoms with van der Waals surface area (Å²) in [6.45, 7) is 2.95. The summed E-state index contributed by atoms with van der Waals surface area (Å²) in [5, 5.41) is 0. The summed E-state index contributed by atoms with van der Waals surface area (Å²) < 4.78 is 0. The van der Waals surface area contributed by atoms with Gasteiger partial charge < -0.3 is 4.90 Å². The van der Waals surface area contributed by atoms with E-state index in [9.17, 15) is 4.79 Å². The summed E-state index contributed by atoms with van der Waals surface area (Å²) in [6.07, 6.45) is 0. The molecule has 0 heterocycles. The summed E-state index contributed by atoms with van der Waals surface area (Å²) in [5.74, 6) is 0.0755. The molecule has 0 amide bonds. The normalized spacial score (nSPS) is 10.1. The molecular formula is C16H17NO. The van der Waals surface area contributed by atoms with Crippen molar-refractivity contribution in [3.63, 3.8) is 0 Å². The number of para-hydroxylation sites is 1. The zero-order valence-corrected chi connectivity index (χ0v) is 10.8. The second-order valence-electron chi connectivity index (χ2n) is 4.23. The van der Waals surface area contributed by atoms with Gasteiger partial charge in [0.25, 0.3) is 0 Å². The number of carbonyl (C=O) groups excluding carboxylic acids is 1. The van der Waals surface area contributed by atoms with Crippen LogP contribution < -0.4 is 4.90 Å². The van der Waals surface area contributed by atoms with Gasteiger partial charge in [-0.3, -0.25) is 4.79 Å². The van der Waals surface area contributed by atoms with Crippen molar-refractivity contribution >= 4 is 11.5 Å². The van der Waals surface area contributed by atoms with E-state index < -0.39 is 0 Å². The van der Waals surface area contributed by atoms with Gasteiger partial charge in [-0.25, -0.2) is 0 Å². The minimum atomic E-state index is 0.0755. The van der Waals surface area contributed by atoms with Crippen LogP contribution in [-0.2, 0) is 0 Å². The quantitative estimate of drug-likeness (QED) is 0.762. The smallest absolute Gasteiger partial charge is 0.195 e. The first-order valence-electron chi connectivity index (χ1n) is 6.14. The van der Waals surface area contributed by atoms with E-state index in [0.29, 0.717) is 0 Å². The zero-order valence-electron chi connectivity index (χ0n) is 10.8. The molecule has 2 aromatic rings. The van der Waals surface area contributed by atoms with Gasteiger partial charge in [0.1, 0.15) is 0 Å². The summed E-state index contributed by atoms with van der Waals surface area (Å²) in [6, 6.07) is 17.1. The fourth-order valence-corrected chi connectivity index (χ4v) is 1.91. The van der Waals surface area contributed by atoms with Crippen LogP contribution in [0.3, 0.4) is 0 Å². The Hall–Kier alpha value is -2.09. The van der Waals surface area contributed by atoms with Crippen molar-refractivity contribution in [1.29, 1.82) is 0 Å². The van der Waals surface area contributed by atoms with Crippen molar-refractivity contribution in [3.8, 4) is 0 Å². The molecule has 2 rings (SSSR count). The maximum absolute atomic E-state index is 12.5. The van der Waals surface area contributed by atoms with E-state index in [-0.39, 0.29) is 5.78 Å². The Labute approximate surface area is 108 Å². The van der Waals surface area contributed by atoms with Crippen LogP contribution >= 0.6 is 0 Å². The van der Waals surface area contributed by atoms with Crippen molar-refractivity contribution < 1.29 is 4.79 Å². The molecule has 0 saturated carbocycles. The molecule has 2 aromatic carbocycles. The predicted molar refractivity (Wildman–Crippen MR) is 75.3 cm³/mol. The molecule has 2 heteroatoms. The van der Waals surface area contributed by atoms with E-state index in [4.69, 9.17) is 0 Å². The number of rotatable bonds is 4. The van der Waals surface area contributed by atoms with Crippen LogP contribution in [0.2, 0.25) is 0 Å². The third kappa shape index (κ3) is 2.43. The van der Waals surface area contributed by atoms with Crippen molar-refractivity contribution in [2.45, 2.75) is 6.92 Å². The topological polar surface area (TPSA) is 20.3 Å². The Morgan fingerprint density at radius 3 is 2.28 bits per heavy atom. The number of nitrogens with zero attached hydrogens (tertiary/aromatic N) is 1. The van der Waals surface area contributed by atoms with Gasteiger partial charge >= 0.3 is 0 Å². The fraction of sp³-hybridized carbons (Fsp3) is 0.188. The Balaban J connectivity index is 2.43. The van der Waals surface area contributed by atoms with Crippen LogP contribution in [0.4, 0.5) is 5.69 Å². The lowest BCUT2D eigenvalue weighted by molar-refractivity contribution is 0.103. The minimum Gasteiger partial charge on any atom is -0.374 e. The molecule has 0 aromatic heterocycles. The lowest BCUT2D eigenvalue weighted by atomic mass is 10.0. The first-order chi connectivity index (χ1) is 8.74. The monoisotopic (exact) mass is 239 g/mol. The summed E-state index contributed by atoms with van der Waals surface area (Å²) in [5.41, 5.74) is 2.47. The Morgan fingerprint density at radius 1 is 1.00 bits per heavy atom. The maximum atomic E-state index is 12.5. The Kier molecular flexibility index (Phi) is 3.78. The highest BCUT2D eigenvalue weighted by atomic mass is 16.1. The van der Waals surface area contributed by atoms with Crippen LogP contribution in [0.5, 0.6) is 0 Å². The molecule has 92 valence electrons. The summed E-state index contributed by atoms with van der Waals surface area (Å²) in [7, 11) is 2.00. The van der Waals surface area contributed by atoms with E-state index in [2.05, 4.69) is 11.8 Å². The number of ketones is 1. The molecule has 0 radical (unpaired) electrons. The number of hydrogen-bond acceptors (Lipinski definition) is 2. The van der Waals surface area contributed by atoms with Gasteiger partial charge in [0.15, 0.2) is 5.78 Å². The van der Waals surface area contributed by atoms with Gasteiger partial charge in [0.2, 0.25) is 0 Å². The summed E-state index contributed by atoms with van der Waals surface area (Å²) >= 11 is 0.